The first-order valence-electron chi connectivity index (χ1n) is 11.6. The van der Waals surface area contributed by atoms with E-state index >= 15 is 0 Å². The van der Waals surface area contributed by atoms with Gasteiger partial charge in [-0.1, -0.05) is 0 Å². The van der Waals surface area contributed by atoms with E-state index in [1.807, 2.05) is 6.07 Å². The van der Waals surface area contributed by atoms with Crippen LogP contribution in [0.15, 0.2) is 23.2 Å². The first-order chi connectivity index (χ1) is 15.7. The van der Waals surface area contributed by atoms with Crippen molar-refractivity contribution in [1.82, 2.24) is 30.3 Å². The number of aryl methyl sites for hydroxylation is 1. The van der Waals surface area contributed by atoms with Gasteiger partial charge in [-0.15, -0.1) is 34.2 Å². The van der Waals surface area contributed by atoms with Crippen LogP contribution in [0.25, 0.3) is 0 Å². The zero-order valence-electron chi connectivity index (χ0n) is 19.8. The lowest BCUT2D eigenvalue weighted by molar-refractivity contribution is 0.321. The number of fused-ring (bicyclic) bond motifs is 1. The zero-order chi connectivity index (χ0) is 22.3. The Kier molecular flexibility index (Phi) is 9.60. The molecule has 0 spiro atoms. The van der Waals surface area contributed by atoms with Crippen LogP contribution in [0.1, 0.15) is 43.4 Å². The van der Waals surface area contributed by atoms with Gasteiger partial charge in [-0.2, -0.15) is 0 Å². The van der Waals surface area contributed by atoms with Gasteiger partial charge in [0, 0.05) is 51.3 Å². The van der Waals surface area contributed by atoms with Gasteiger partial charge in [0.2, 0.25) is 0 Å². The Balaban J connectivity index is 0.00000306. The van der Waals surface area contributed by atoms with Crippen LogP contribution >= 0.6 is 24.0 Å². The largest absolute Gasteiger partial charge is 0.497 e. The molecule has 33 heavy (non-hydrogen) atoms. The van der Waals surface area contributed by atoms with E-state index in [0.717, 1.165) is 74.7 Å². The molecular weight excluding hydrogens is 533 g/mol. The fourth-order valence-electron chi connectivity index (χ4n) is 4.46. The SMILES string of the molecule is CCNC(=NCc1nnc2n1CCCC2)NC1CCN(Cc2cc(OC)cc(OC)c2)C1.I. The molecule has 2 aliphatic heterocycles. The summed E-state index contributed by atoms with van der Waals surface area (Å²) >= 11 is 0. The first-order valence-corrected chi connectivity index (χ1v) is 11.6. The third-order valence-corrected chi connectivity index (χ3v) is 6.09. The quantitative estimate of drug-likeness (QED) is 0.287. The summed E-state index contributed by atoms with van der Waals surface area (Å²) in [6.07, 6.45) is 4.49. The Morgan fingerprint density at radius 2 is 1.91 bits per heavy atom. The lowest BCUT2D eigenvalue weighted by Gasteiger charge is -2.19. The molecule has 2 aromatic rings. The molecule has 0 bridgehead atoms. The predicted molar refractivity (Wildman–Crippen MR) is 140 cm³/mol. The van der Waals surface area contributed by atoms with Gasteiger partial charge in [0.05, 0.1) is 14.2 Å². The number of halogens is 1. The van der Waals surface area contributed by atoms with Crippen molar-refractivity contribution in [1.29, 1.82) is 0 Å². The number of methoxy groups -OCH3 is 2. The number of hydrogen-bond donors (Lipinski definition) is 2. The molecule has 182 valence electrons. The Morgan fingerprint density at radius 1 is 1.12 bits per heavy atom. The second kappa shape index (κ2) is 12.4. The third kappa shape index (κ3) is 6.72. The maximum Gasteiger partial charge on any atom is 0.191 e. The predicted octanol–water partition coefficient (Wildman–Crippen LogP) is 2.58. The number of likely N-dealkylation sites (tertiary alicyclic amines) is 1. The molecule has 1 aromatic carbocycles. The van der Waals surface area contributed by atoms with Gasteiger partial charge >= 0.3 is 0 Å². The number of nitrogens with one attached hydrogen (secondary N) is 2. The third-order valence-electron chi connectivity index (χ3n) is 6.09. The van der Waals surface area contributed by atoms with E-state index in [1.165, 1.54) is 18.4 Å². The van der Waals surface area contributed by atoms with E-state index in [-0.39, 0.29) is 24.0 Å². The van der Waals surface area contributed by atoms with Gasteiger partial charge in [0.1, 0.15) is 23.9 Å². The number of rotatable bonds is 8. The molecular formula is C23H36IN7O2. The molecule has 0 aliphatic carbocycles. The second-order valence-corrected chi connectivity index (χ2v) is 8.42. The van der Waals surface area contributed by atoms with Gasteiger partial charge in [-0.25, -0.2) is 4.99 Å². The molecule has 2 aliphatic rings. The van der Waals surface area contributed by atoms with Crippen LogP contribution in [-0.4, -0.2) is 65.5 Å². The van der Waals surface area contributed by atoms with Crippen LogP contribution < -0.4 is 20.1 Å². The highest BCUT2D eigenvalue weighted by atomic mass is 127. The number of aliphatic imine (C=N–C) groups is 1. The number of nitrogens with zero attached hydrogens (tertiary/aromatic N) is 5. The molecule has 4 rings (SSSR count). The van der Waals surface area contributed by atoms with Crippen LogP contribution in [0, 0.1) is 0 Å². The molecule has 1 unspecified atom stereocenters. The van der Waals surface area contributed by atoms with Crippen LogP contribution in [0.3, 0.4) is 0 Å². The number of benzene rings is 1. The molecule has 1 saturated heterocycles. The summed E-state index contributed by atoms with van der Waals surface area (Å²) in [6.45, 7) is 7.33. The molecule has 0 amide bonds. The minimum absolute atomic E-state index is 0. The number of aromatic nitrogens is 3. The van der Waals surface area contributed by atoms with Crippen molar-refractivity contribution in [2.24, 2.45) is 4.99 Å². The molecule has 1 fully saturated rings. The Hall–Kier alpha value is -2.08. The van der Waals surface area contributed by atoms with Crippen molar-refractivity contribution in [2.45, 2.75) is 58.3 Å². The van der Waals surface area contributed by atoms with E-state index in [9.17, 15) is 0 Å². The highest BCUT2D eigenvalue weighted by Gasteiger charge is 2.24. The molecule has 2 N–H and O–H groups in total. The number of guanidine groups is 1. The summed E-state index contributed by atoms with van der Waals surface area (Å²) in [5.74, 6) is 4.54. The zero-order valence-corrected chi connectivity index (χ0v) is 22.2. The Bertz CT molecular complexity index is 911. The van der Waals surface area contributed by atoms with Gasteiger partial charge in [0.15, 0.2) is 11.8 Å². The van der Waals surface area contributed by atoms with Crippen molar-refractivity contribution in [3.8, 4) is 11.5 Å². The summed E-state index contributed by atoms with van der Waals surface area (Å²) in [5, 5.41) is 15.7. The minimum atomic E-state index is 0. The lowest BCUT2D eigenvalue weighted by atomic mass is 10.2. The molecule has 1 aromatic heterocycles. The van der Waals surface area contributed by atoms with Crippen molar-refractivity contribution in [3.05, 3.63) is 35.4 Å². The molecule has 0 radical (unpaired) electrons. The average molecular weight is 569 g/mol. The molecule has 3 heterocycles. The van der Waals surface area contributed by atoms with Gasteiger partial charge in [0.25, 0.3) is 0 Å². The first kappa shape index (κ1) is 25.5. The fourth-order valence-corrected chi connectivity index (χ4v) is 4.46. The Morgan fingerprint density at radius 3 is 2.64 bits per heavy atom. The van der Waals surface area contributed by atoms with Crippen molar-refractivity contribution in [2.75, 3.05) is 33.9 Å². The number of ether oxygens (including phenoxy) is 2. The van der Waals surface area contributed by atoms with E-state index in [2.05, 4.69) is 49.4 Å². The van der Waals surface area contributed by atoms with Crippen LogP contribution in [0.4, 0.5) is 0 Å². The van der Waals surface area contributed by atoms with E-state index in [4.69, 9.17) is 14.5 Å². The standard InChI is InChI=1S/C23H35N7O2.HI/c1-4-24-23(25-14-22-28-27-21-7-5-6-9-30(21)22)26-18-8-10-29(16-18)15-17-11-19(31-2)13-20(12-17)32-3;/h11-13,18H,4-10,14-16H2,1-3H3,(H2,24,25,26);1H. The minimum Gasteiger partial charge on any atom is -0.497 e. The molecule has 9 nitrogen and oxygen atoms in total. The Labute approximate surface area is 213 Å². The van der Waals surface area contributed by atoms with Gasteiger partial charge < -0.3 is 24.7 Å². The average Bonchev–Trinajstić information content (AvgIpc) is 3.44. The van der Waals surface area contributed by atoms with E-state index in [1.54, 1.807) is 14.2 Å². The normalized spacial score (nSPS) is 18.4. The van der Waals surface area contributed by atoms with Crippen LogP contribution in [0.2, 0.25) is 0 Å². The van der Waals surface area contributed by atoms with E-state index < -0.39 is 0 Å². The fraction of sp³-hybridized carbons (Fsp3) is 0.609. The highest BCUT2D eigenvalue weighted by molar-refractivity contribution is 14.0. The van der Waals surface area contributed by atoms with Gasteiger partial charge in [-0.05, 0) is 43.9 Å². The smallest absolute Gasteiger partial charge is 0.191 e. The summed E-state index contributed by atoms with van der Waals surface area (Å²) in [5.41, 5.74) is 1.19. The molecule has 1 atom stereocenters. The van der Waals surface area contributed by atoms with Crippen molar-refractivity contribution in [3.63, 3.8) is 0 Å². The van der Waals surface area contributed by atoms with E-state index in [0.29, 0.717) is 12.6 Å². The highest BCUT2D eigenvalue weighted by Crippen LogP contribution is 2.24. The van der Waals surface area contributed by atoms with Crippen LogP contribution in [-0.2, 0) is 26.1 Å². The second-order valence-electron chi connectivity index (χ2n) is 8.42. The van der Waals surface area contributed by atoms with Crippen molar-refractivity contribution >= 4 is 29.9 Å². The lowest BCUT2D eigenvalue weighted by Crippen LogP contribution is -2.44. The molecule has 0 saturated carbocycles. The maximum atomic E-state index is 5.41. The summed E-state index contributed by atoms with van der Waals surface area (Å²) < 4.78 is 13.0. The topological polar surface area (TPSA) is 88.8 Å². The maximum absolute atomic E-state index is 5.41. The number of hydrogen-bond acceptors (Lipinski definition) is 6. The summed E-state index contributed by atoms with van der Waals surface area (Å²) in [7, 11) is 3.37. The van der Waals surface area contributed by atoms with Crippen LogP contribution in [0.5, 0.6) is 11.5 Å². The van der Waals surface area contributed by atoms with Crippen molar-refractivity contribution < 1.29 is 9.47 Å². The summed E-state index contributed by atoms with van der Waals surface area (Å²) in [6, 6.07) is 6.42. The van der Waals surface area contributed by atoms with Gasteiger partial charge in [-0.3, -0.25) is 4.90 Å². The monoisotopic (exact) mass is 569 g/mol. The summed E-state index contributed by atoms with van der Waals surface area (Å²) in [4.78, 5) is 7.25. The molecule has 10 heteroatoms.